The van der Waals surface area contributed by atoms with Gasteiger partial charge in [0.1, 0.15) is 0 Å². The zero-order valence-electron chi connectivity index (χ0n) is 5.72. The van der Waals surface area contributed by atoms with Gasteiger partial charge in [-0.15, -0.1) is 0 Å². The van der Waals surface area contributed by atoms with Gasteiger partial charge in [0.2, 0.25) is 0 Å². The van der Waals surface area contributed by atoms with Crippen molar-refractivity contribution in [1.82, 2.24) is 0 Å². The van der Waals surface area contributed by atoms with Crippen LogP contribution in [0.3, 0.4) is 0 Å². The minimum absolute atomic E-state index is 0.0616. The lowest BCUT2D eigenvalue weighted by Crippen LogP contribution is -2.40. The van der Waals surface area contributed by atoms with Crippen molar-refractivity contribution in [1.29, 1.82) is 0 Å². The molecule has 0 spiro atoms. The summed E-state index contributed by atoms with van der Waals surface area (Å²) in [5.41, 5.74) is -0.0616. The molecule has 0 aliphatic carbocycles. The third-order valence-electron chi connectivity index (χ3n) is 1.49. The standard InChI is InChI=1S/C5H8Br2O3S/c6-1-5(2-7)3-9-11(8)10-4-5/h1-4H2. The van der Waals surface area contributed by atoms with Crippen molar-refractivity contribution in [2.24, 2.45) is 5.41 Å². The van der Waals surface area contributed by atoms with Crippen LogP contribution in [0, 0.1) is 5.41 Å². The van der Waals surface area contributed by atoms with E-state index in [9.17, 15) is 4.21 Å². The van der Waals surface area contributed by atoms with Crippen LogP contribution in [0.25, 0.3) is 0 Å². The van der Waals surface area contributed by atoms with E-state index in [0.29, 0.717) is 13.2 Å². The summed E-state index contributed by atoms with van der Waals surface area (Å²) in [5, 5.41) is 1.56. The molecule has 0 N–H and O–H groups in total. The van der Waals surface area contributed by atoms with Gasteiger partial charge in [0.25, 0.3) is 0 Å². The van der Waals surface area contributed by atoms with Crippen molar-refractivity contribution in [3.05, 3.63) is 0 Å². The van der Waals surface area contributed by atoms with E-state index in [1.54, 1.807) is 0 Å². The molecule has 0 aromatic carbocycles. The Morgan fingerprint density at radius 2 is 1.73 bits per heavy atom. The summed E-state index contributed by atoms with van der Waals surface area (Å²) in [6.45, 7) is 0.937. The predicted octanol–water partition coefficient (Wildman–Crippen LogP) is 1.39. The molecule has 0 bridgehead atoms. The summed E-state index contributed by atoms with van der Waals surface area (Å²) < 4.78 is 20.3. The van der Waals surface area contributed by atoms with Crippen LogP contribution in [-0.2, 0) is 19.7 Å². The SMILES string of the molecule is O=S1OCC(CBr)(CBr)CO1. The normalized spacial score (nSPS) is 25.3. The first-order valence-electron chi connectivity index (χ1n) is 3.03. The summed E-state index contributed by atoms with van der Waals surface area (Å²) in [7, 11) is 0. The highest BCUT2D eigenvalue weighted by Gasteiger charge is 2.34. The number of hydrogen-bond donors (Lipinski definition) is 0. The lowest BCUT2D eigenvalue weighted by atomic mass is 9.96. The van der Waals surface area contributed by atoms with Gasteiger partial charge < -0.3 is 0 Å². The van der Waals surface area contributed by atoms with Crippen LogP contribution < -0.4 is 0 Å². The Kier molecular flexibility index (Phi) is 3.97. The topological polar surface area (TPSA) is 35.5 Å². The molecule has 0 aromatic heterocycles. The van der Waals surface area contributed by atoms with Gasteiger partial charge in [0.15, 0.2) is 0 Å². The molecule has 0 unspecified atom stereocenters. The second-order valence-corrected chi connectivity index (χ2v) is 4.50. The summed E-state index contributed by atoms with van der Waals surface area (Å²) in [4.78, 5) is 0. The summed E-state index contributed by atoms with van der Waals surface area (Å²) in [6.07, 6.45) is 0. The fourth-order valence-corrected chi connectivity index (χ4v) is 2.95. The van der Waals surface area contributed by atoms with Crippen molar-refractivity contribution in [2.75, 3.05) is 23.9 Å². The summed E-state index contributed by atoms with van der Waals surface area (Å²) in [6, 6.07) is 0. The summed E-state index contributed by atoms with van der Waals surface area (Å²) in [5.74, 6) is 0. The van der Waals surface area contributed by atoms with Gasteiger partial charge in [-0.25, -0.2) is 0 Å². The molecular formula is C5H8Br2O3S. The fraction of sp³-hybridized carbons (Fsp3) is 1.00. The van der Waals surface area contributed by atoms with Crippen molar-refractivity contribution in [2.45, 2.75) is 0 Å². The van der Waals surface area contributed by atoms with Crippen LogP contribution in [0.1, 0.15) is 0 Å². The van der Waals surface area contributed by atoms with E-state index in [1.165, 1.54) is 0 Å². The molecule has 11 heavy (non-hydrogen) atoms. The second kappa shape index (κ2) is 4.32. The van der Waals surface area contributed by atoms with Crippen molar-refractivity contribution < 1.29 is 12.6 Å². The summed E-state index contributed by atoms with van der Waals surface area (Å²) >= 11 is 5.19. The molecular weight excluding hydrogens is 300 g/mol. The van der Waals surface area contributed by atoms with Crippen LogP contribution in [0.2, 0.25) is 0 Å². The van der Waals surface area contributed by atoms with E-state index >= 15 is 0 Å². The average molecular weight is 308 g/mol. The lowest BCUT2D eigenvalue weighted by Gasteiger charge is -2.31. The minimum Gasteiger partial charge on any atom is -0.268 e. The Morgan fingerprint density at radius 1 is 1.27 bits per heavy atom. The van der Waals surface area contributed by atoms with Crippen LogP contribution in [-0.4, -0.2) is 28.1 Å². The largest absolute Gasteiger partial charge is 0.304 e. The maximum atomic E-state index is 10.6. The zero-order chi connectivity index (χ0) is 8.32. The molecule has 1 saturated heterocycles. The van der Waals surface area contributed by atoms with Crippen LogP contribution >= 0.6 is 31.9 Å². The highest BCUT2D eigenvalue weighted by molar-refractivity contribution is 9.09. The van der Waals surface area contributed by atoms with E-state index in [-0.39, 0.29) is 5.41 Å². The maximum Gasteiger partial charge on any atom is 0.304 e. The quantitative estimate of drug-likeness (QED) is 0.723. The smallest absolute Gasteiger partial charge is 0.268 e. The van der Waals surface area contributed by atoms with E-state index in [4.69, 9.17) is 8.37 Å². The fourth-order valence-electron chi connectivity index (χ4n) is 0.612. The van der Waals surface area contributed by atoms with Crippen LogP contribution in [0.15, 0.2) is 0 Å². The van der Waals surface area contributed by atoms with Crippen molar-refractivity contribution in [3.8, 4) is 0 Å². The minimum atomic E-state index is -1.53. The molecule has 1 rings (SSSR count). The molecule has 1 aliphatic heterocycles. The van der Waals surface area contributed by atoms with Gasteiger partial charge in [-0.2, -0.15) is 4.21 Å². The lowest BCUT2D eigenvalue weighted by molar-refractivity contribution is 0.0747. The van der Waals surface area contributed by atoms with Crippen LogP contribution in [0.4, 0.5) is 0 Å². The van der Waals surface area contributed by atoms with Crippen molar-refractivity contribution in [3.63, 3.8) is 0 Å². The zero-order valence-corrected chi connectivity index (χ0v) is 9.71. The van der Waals surface area contributed by atoms with Gasteiger partial charge >= 0.3 is 11.4 Å². The predicted molar refractivity (Wildman–Crippen MR) is 50.1 cm³/mol. The second-order valence-electron chi connectivity index (χ2n) is 2.50. The molecule has 1 aliphatic rings. The molecule has 0 saturated carbocycles. The highest BCUT2D eigenvalue weighted by Crippen LogP contribution is 2.28. The van der Waals surface area contributed by atoms with E-state index in [2.05, 4.69) is 31.9 Å². The van der Waals surface area contributed by atoms with E-state index in [0.717, 1.165) is 10.7 Å². The molecule has 6 heteroatoms. The average Bonchev–Trinajstić information content (AvgIpc) is 2.07. The van der Waals surface area contributed by atoms with E-state index in [1.807, 2.05) is 0 Å². The number of rotatable bonds is 2. The Morgan fingerprint density at radius 3 is 2.09 bits per heavy atom. The maximum absolute atomic E-state index is 10.6. The molecule has 1 fully saturated rings. The molecule has 0 atom stereocenters. The Bertz CT molecular complexity index is 148. The molecule has 66 valence electrons. The van der Waals surface area contributed by atoms with E-state index < -0.39 is 11.4 Å². The Balaban J connectivity index is 2.52. The molecule has 0 aromatic rings. The Labute approximate surface area is 84.9 Å². The molecule has 0 amide bonds. The van der Waals surface area contributed by atoms with Gasteiger partial charge in [-0.1, -0.05) is 31.9 Å². The first-order chi connectivity index (χ1) is 5.22. The molecule has 0 radical (unpaired) electrons. The first-order valence-corrected chi connectivity index (χ1v) is 6.27. The van der Waals surface area contributed by atoms with Gasteiger partial charge in [-0.3, -0.25) is 8.37 Å². The van der Waals surface area contributed by atoms with Crippen molar-refractivity contribution >= 4 is 43.2 Å². The monoisotopic (exact) mass is 306 g/mol. The molecule has 3 nitrogen and oxygen atoms in total. The Hall–Kier alpha value is 1.03. The highest BCUT2D eigenvalue weighted by atomic mass is 79.9. The first kappa shape index (κ1) is 10.1. The number of hydrogen-bond acceptors (Lipinski definition) is 3. The van der Waals surface area contributed by atoms with Crippen LogP contribution in [0.5, 0.6) is 0 Å². The number of halogens is 2. The van der Waals surface area contributed by atoms with Gasteiger partial charge in [0.05, 0.1) is 13.2 Å². The number of alkyl halides is 2. The third-order valence-corrected chi connectivity index (χ3v) is 4.49. The van der Waals surface area contributed by atoms with Gasteiger partial charge in [-0.05, 0) is 0 Å². The third kappa shape index (κ3) is 2.48. The van der Waals surface area contributed by atoms with Gasteiger partial charge in [0, 0.05) is 16.1 Å². The molecule has 1 heterocycles.